The summed E-state index contributed by atoms with van der Waals surface area (Å²) in [5.41, 5.74) is 0.546. The third-order valence-corrected chi connectivity index (χ3v) is 4.12. The van der Waals surface area contributed by atoms with E-state index < -0.39 is 5.97 Å². The molecular formula is C18H15Cl2NO5. The first-order valence-corrected chi connectivity index (χ1v) is 8.56. The molecule has 1 aliphatic rings. The Morgan fingerprint density at radius 3 is 2.77 bits per heavy atom. The van der Waals surface area contributed by atoms with E-state index in [1.54, 1.807) is 42.5 Å². The number of hydrogen-bond acceptors (Lipinski definition) is 5. The average molecular weight is 396 g/mol. The zero-order valence-electron chi connectivity index (χ0n) is 13.6. The van der Waals surface area contributed by atoms with Gasteiger partial charge in [0, 0.05) is 5.02 Å². The number of halogens is 2. The molecule has 0 unspecified atom stereocenters. The SMILES string of the molecule is O=C(CN1C(=O)COc2ccccc21)OCCOc1ccc(Cl)cc1Cl. The molecule has 0 saturated carbocycles. The van der Waals surface area contributed by atoms with E-state index in [0.29, 0.717) is 27.2 Å². The molecule has 0 aromatic heterocycles. The molecular weight excluding hydrogens is 381 g/mol. The van der Waals surface area contributed by atoms with Crippen LogP contribution < -0.4 is 14.4 Å². The van der Waals surface area contributed by atoms with Crippen LogP contribution >= 0.6 is 23.2 Å². The van der Waals surface area contributed by atoms with Crippen molar-refractivity contribution < 1.29 is 23.8 Å². The number of hydrogen-bond donors (Lipinski definition) is 0. The normalized spacial score (nSPS) is 13.0. The van der Waals surface area contributed by atoms with Crippen LogP contribution in [0.2, 0.25) is 10.0 Å². The fraction of sp³-hybridized carbons (Fsp3) is 0.222. The van der Waals surface area contributed by atoms with Crippen molar-refractivity contribution in [2.24, 2.45) is 0 Å². The van der Waals surface area contributed by atoms with E-state index in [1.807, 2.05) is 0 Å². The first-order chi connectivity index (χ1) is 12.5. The van der Waals surface area contributed by atoms with Gasteiger partial charge in [-0.3, -0.25) is 14.5 Å². The summed E-state index contributed by atoms with van der Waals surface area (Å²) < 4.78 is 15.9. The predicted octanol–water partition coefficient (Wildman–Crippen LogP) is 3.34. The van der Waals surface area contributed by atoms with Crippen LogP contribution in [0.15, 0.2) is 42.5 Å². The number of benzene rings is 2. The van der Waals surface area contributed by atoms with Gasteiger partial charge in [0.15, 0.2) is 6.61 Å². The minimum Gasteiger partial charge on any atom is -0.488 e. The molecule has 26 heavy (non-hydrogen) atoms. The van der Waals surface area contributed by atoms with Crippen molar-refractivity contribution >= 4 is 40.8 Å². The maximum atomic E-state index is 12.0. The second kappa shape index (κ2) is 8.29. The van der Waals surface area contributed by atoms with Gasteiger partial charge < -0.3 is 14.2 Å². The topological polar surface area (TPSA) is 65.1 Å². The molecule has 1 aliphatic heterocycles. The van der Waals surface area contributed by atoms with Gasteiger partial charge in [-0.05, 0) is 30.3 Å². The molecule has 2 aromatic rings. The van der Waals surface area contributed by atoms with Crippen LogP contribution in [0.5, 0.6) is 11.5 Å². The van der Waals surface area contributed by atoms with Crippen LogP contribution in [0, 0.1) is 0 Å². The second-order valence-corrected chi connectivity index (χ2v) is 6.22. The van der Waals surface area contributed by atoms with Crippen LogP contribution in [-0.4, -0.2) is 38.2 Å². The van der Waals surface area contributed by atoms with Crippen molar-refractivity contribution in [1.29, 1.82) is 0 Å². The lowest BCUT2D eigenvalue weighted by Gasteiger charge is -2.28. The molecule has 0 saturated heterocycles. The molecule has 0 spiro atoms. The van der Waals surface area contributed by atoms with Gasteiger partial charge in [0.05, 0.1) is 10.7 Å². The number of carbonyl (C=O) groups is 2. The van der Waals surface area contributed by atoms with Gasteiger partial charge in [-0.25, -0.2) is 0 Å². The Bertz CT molecular complexity index is 827. The first-order valence-electron chi connectivity index (χ1n) is 7.80. The van der Waals surface area contributed by atoms with E-state index in [-0.39, 0.29) is 32.3 Å². The highest BCUT2D eigenvalue weighted by atomic mass is 35.5. The summed E-state index contributed by atoms with van der Waals surface area (Å²) in [4.78, 5) is 25.4. The van der Waals surface area contributed by atoms with Crippen molar-refractivity contribution in [3.63, 3.8) is 0 Å². The number of carbonyl (C=O) groups excluding carboxylic acids is 2. The molecule has 0 N–H and O–H groups in total. The molecule has 1 heterocycles. The van der Waals surface area contributed by atoms with E-state index in [2.05, 4.69) is 0 Å². The molecule has 0 aliphatic carbocycles. The summed E-state index contributed by atoms with van der Waals surface area (Å²) in [6, 6.07) is 11.9. The zero-order valence-corrected chi connectivity index (χ0v) is 15.1. The van der Waals surface area contributed by atoms with E-state index >= 15 is 0 Å². The molecule has 0 radical (unpaired) electrons. The summed E-state index contributed by atoms with van der Waals surface area (Å²) in [6.07, 6.45) is 0. The Morgan fingerprint density at radius 1 is 1.15 bits per heavy atom. The summed E-state index contributed by atoms with van der Waals surface area (Å²) in [7, 11) is 0. The fourth-order valence-corrected chi connectivity index (χ4v) is 2.86. The Labute approximate surface area is 160 Å². The van der Waals surface area contributed by atoms with Crippen LogP contribution in [0.1, 0.15) is 0 Å². The Balaban J connectivity index is 1.49. The van der Waals surface area contributed by atoms with Gasteiger partial charge in [-0.15, -0.1) is 0 Å². The Morgan fingerprint density at radius 2 is 1.96 bits per heavy atom. The number of esters is 1. The van der Waals surface area contributed by atoms with Crippen molar-refractivity contribution in [1.82, 2.24) is 0 Å². The standard InChI is InChI=1S/C18H15Cl2NO5/c19-12-5-6-15(13(20)9-12)24-7-8-25-18(23)10-21-14-3-1-2-4-16(14)26-11-17(21)22/h1-6,9H,7-8,10-11H2. The second-order valence-electron chi connectivity index (χ2n) is 5.38. The van der Waals surface area contributed by atoms with E-state index in [4.69, 9.17) is 37.4 Å². The van der Waals surface area contributed by atoms with Crippen LogP contribution in [0.3, 0.4) is 0 Å². The average Bonchev–Trinajstić information content (AvgIpc) is 2.62. The van der Waals surface area contributed by atoms with Gasteiger partial charge in [-0.2, -0.15) is 0 Å². The quantitative estimate of drug-likeness (QED) is 0.554. The third-order valence-electron chi connectivity index (χ3n) is 3.59. The molecule has 6 nitrogen and oxygen atoms in total. The summed E-state index contributed by atoms with van der Waals surface area (Å²) in [6.45, 7) is -0.151. The number of rotatable bonds is 6. The number of para-hydroxylation sites is 2. The van der Waals surface area contributed by atoms with Gasteiger partial charge in [0.2, 0.25) is 0 Å². The van der Waals surface area contributed by atoms with E-state index in [0.717, 1.165) is 0 Å². The van der Waals surface area contributed by atoms with Crippen molar-refractivity contribution in [2.45, 2.75) is 0 Å². The monoisotopic (exact) mass is 395 g/mol. The molecule has 8 heteroatoms. The number of ether oxygens (including phenoxy) is 3. The highest BCUT2D eigenvalue weighted by Gasteiger charge is 2.27. The maximum Gasteiger partial charge on any atom is 0.326 e. The lowest BCUT2D eigenvalue weighted by Crippen LogP contribution is -2.42. The Hall–Kier alpha value is -2.44. The molecule has 0 atom stereocenters. The smallest absolute Gasteiger partial charge is 0.326 e. The molecule has 0 fully saturated rings. The summed E-state index contributed by atoms with van der Waals surface area (Å²) >= 11 is 11.8. The molecule has 1 amide bonds. The van der Waals surface area contributed by atoms with Crippen LogP contribution in [0.4, 0.5) is 5.69 Å². The molecule has 3 rings (SSSR count). The largest absolute Gasteiger partial charge is 0.488 e. The van der Waals surface area contributed by atoms with Crippen LogP contribution in [0.25, 0.3) is 0 Å². The highest BCUT2D eigenvalue weighted by molar-refractivity contribution is 6.35. The minimum atomic E-state index is -0.541. The van der Waals surface area contributed by atoms with Gasteiger partial charge >= 0.3 is 5.97 Å². The van der Waals surface area contributed by atoms with Gasteiger partial charge in [0.1, 0.15) is 31.3 Å². The summed E-state index contributed by atoms with van der Waals surface area (Å²) in [5.74, 6) is 0.163. The lowest BCUT2D eigenvalue weighted by atomic mass is 10.2. The van der Waals surface area contributed by atoms with Crippen molar-refractivity contribution in [2.75, 3.05) is 31.3 Å². The third kappa shape index (κ3) is 4.39. The van der Waals surface area contributed by atoms with E-state index in [1.165, 1.54) is 4.90 Å². The van der Waals surface area contributed by atoms with Crippen molar-refractivity contribution in [3.05, 3.63) is 52.5 Å². The predicted molar refractivity (Wildman–Crippen MR) is 97.2 cm³/mol. The number of nitrogens with zero attached hydrogens (tertiary/aromatic N) is 1. The number of amides is 1. The summed E-state index contributed by atoms with van der Waals surface area (Å²) in [5, 5.41) is 0.878. The van der Waals surface area contributed by atoms with Crippen molar-refractivity contribution in [3.8, 4) is 11.5 Å². The Kier molecular flexibility index (Phi) is 5.85. The zero-order chi connectivity index (χ0) is 18.5. The molecule has 2 aromatic carbocycles. The van der Waals surface area contributed by atoms with Gasteiger partial charge in [-0.1, -0.05) is 35.3 Å². The highest BCUT2D eigenvalue weighted by Crippen LogP contribution is 2.31. The fourth-order valence-electron chi connectivity index (χ4n) is 2.40. The first kappa shape index (κ1) is 18.4. The number of fused-ring (bicyclic) bond motifs is 1. The molecule has 136 valence electrons. The van der Waals surface area contributed by atoms with Gasteiger partial charge in [0.25, 0.3) is 5.91 Å². The number of anilines is 1. The molecule has 0 bridgehead atoms. The van der Waals surface area contributed by atoms with Crippen LogP contribution in [-0.2, 0) is 14.3 Å². The van der Waals surface area contributed by atoms with E-state index in [9.17, 15) is 9.59 Å². The maximum absolute atomic E-state index is 12.0. The minimum absolute atomic E-state index is 0.0258. The lowest BCUT2D eigenvalue weighted by molar-refractivity contribution is -0.143.